The first-order valence-electron chi connectivity index (χ1n) is 5.74. The highest BCUT2D eigenvalue weighted by atomic mass is 35.5. The van der Waals surface area contributed by atoms with Gasteiger partial charge in [-0.05, 0) is 30.3 Å². The van der Waals surface area contributed by atoms with Gasteiger partial charge in [-0.2, -0.15) is 0 Å². The number of thiocarbonyl (C=S) groups is 1. The highest BCUT2D eigenvalue weighted by Gasteiger charge is 2.10. The van der Waals surface area contributed by atoms with Crippen molar-refractivity contribution < 1.29 is 4.74 Å². The molecule has 2 heterocycles. The van der Waals surface area contributed by atoms with E-state index in [4.69, 9.17) is 34.3 Å². The molecule has 0 atom stereocenters. The Kier molecular flexibility index (Phi) is 3.56. The Labute approximate surface area is 130 Å². The summed E-state index contributed by atoms with van der Waals surface area (Å²) in [5, 5.41) is 1.61. The van der Waals surface area contributed by atoms with Gasteiger partial charge in [0.15, 0.2) is 5.75 Å². The van der Waals surface area contributed by atoms with Gasteiger partial charge >= 0.3 is 0 Å². The molecule has 0 unspecified atom stereocenters. The average molecular weight is 321 g/mol. The van der Waals surface area contributed by atoms with Gasteiger partial charge < -0.3 is 10.5 Å². The summed E-state index contributed by atoms with van der Waals surface area (Å²) in [7, 11) is 0. The van der Waals surface area contributed by atoms with Gasteiger partial charge in [-0.1, -0.05) is 23.8 Å². The molecule has 3 aromatic rings. The molecule has 0 bridgehead atoms. The molecular weight excluding hydrogens is 312 g/mol. The Bertz CT molecular complexity index is 783. The number of hydrogen-bond donors (Lipinski definition) is 1. The van der Waals surface area contributed by atoms with Crippen LogP contribution >= 0.6 is 35.2 Å². The van der Waals surface area contributed by atoms with Crippen LogP contribution in [0.5, 0.6) is 11.5 Å². The zero-order valence-corrected chi connectivity index (χ0v) is 12.6. The Hall–Kier alpha value is -1.69. The van der Waals surface area contributed by atoms with Crippen LogP contribution in [0.3, 0.4) is 0 Å². The van der Waals surface area contributed by atoms with Crippen molar-refractivity contribution in [3.8, 4) is 11.5 Å². The largest absolute Gasteiger partial charge is 0.455 e. The summed E-state index contributed by atoms with van der Waals surface area (Å²) >= 11 is 12.4. The molecule has 0 saturated heterocycles. The third-order valence-corrected chi connectivity index (χ3v) is 4.40. The fourth-order valence-corrected chi connectivity index (χ4v) is 2.98. The van der Waals surface area contributed by atoms with Crippen LogP contribution < -0.4 is 10.5 Å². The Balaban J connectivity index is 2.02. The second-order valence-electron chi connectivity index (χ2n) is 4.08. The lowest BCUT2D eigenvalue weighted by Gasteiger charge is -2.06. The van der Waals surface area contributed by atoms with E-state index in [1.807, 2.05) is 18.2 Å². The number of pyridine rings is 1. The first-order valence-corrected chi connectivity index (χ1v) is 7.34. The minimum Gasteiger partial charge on any atom is -0.455 e. The smallest absolute Gasteiger partial charge is 0.154 e. The van der Waals surface area contributed by atoms with Crippen LogP contribution in [0.2, 0.25) is 5.02 Å². The lowest BCUT2D eigenvalue weighted by atomic mass is 10.3. The van der Waals surface area contributed by atoms with Crippen molar-refractivity contribution in [2.45, 2.75) is 0 Å². The van der Waals surface area contributed by atoms with Crippen molar-refractivity contribution in [2.24, 2.45) is 5.73 Å². The maximum atomic E-state index is 5.85. The third-order valence-electron chi connectivity index (χ3n) is 2.69. The molecule has 0 spiro atoms. The molecule has 3 nitrogen and oxygen atoms in total. The van der Waals surface area contributed by atoms with E-state index in [1.165, 1.54) is 11.3 Å². The van der Waals surface area contributed by atoms with Crippen molar-refractivity contribution in [3.05, 3.63) is 52.6 Å². The van der Waals surface area contributed by atoms with Crippen molar-refractivity contribution in [2.75, 3.05) is 0 Å². The van der Waals surface area contributed by atoms with Gasteiger partial charge in [-0.3, -0.25) is 4.98 Å². The second-order valence-corrected chi connectivity index (χ2v) is 6.04. The molecule has 0 fully saturated rings. The molecule has 0 saturated carbocycles. The number of halogens is 1. The van der Waals surface area contributed by atoms with Crippen molar-refractivity contribution in [1.29, 1.82) is 0 Å². The molecule has 3 rings (SSSR count). The number of benzene rings is 1. The molecule has 6 heteroatoms. The number of aromatic nitrogens is 1. The van der Waals surface area contributed by atoms with Crippen LogP contribution in [0.25, 0.3) is 10.1 Å². The lowest BCUT2D eigenvalue weighted by Crippen LogP contribution is -2.06. The summed E-state index contributed by atoms with van der Waals surface area (Å²) in [6, 6.07) is 9.09. The summed E-state index contributed by atoms with van der Waals surface area (Å²) in [6.07, 6.45) is 3.45. The van der Waals surface area contributed by atoms with Crippen LogP contribution in [0, 0.1) is 0 Å². The molecule has 1 aromatic carbocycles. The normalized spacial score (nSPS) is 10.7. The molecule has 20 heavy (non-hydrogen) atoms. The standard InChI is InChI=1S/C14H9ClN2OS2/c15-8-1-3-9(4-2-8)18-11-6-17-7-13-10(11)5-12(20-13)14(16)19/h1-7H,(H2,16,19). The number of hydrogen-bond acceptors (Lipinski definition) is 4. The van der Waals surface area contributed by atoms with Gasteiger partial charge in [0.2, 0.25) is 0 Å². The summed E-state index contributed by atoms with van der Waals surface area (Å²) in [4.78, 5) is 5.40. The molecule has 100 valence electrons. The predicted octanol–water partition coefficient (Wildman–Crippen LogP) is 4.38. The fraction of sp³-hybridized carbons (Fsp3) is 0. The minimum absolute atomic E-state index is 0.378. The van der Waals surface area contributed by atoms with E-state index in [1.54, 1.807) is 24.5 Å². The maximum absolute atomic E-state index is 5.85. The van der Waals surface area contributed by atoms with Gasteiger partial charge in [0.25, 0.3) is 0 Å². The van der Waals surface area contributed by atoms with Crippen LogP contribution in [-0.4, -0.2) is 9.97 Å². The highest BCUT2D eigenvalue weighted by molar-refractivity contribution is 7.81. The van der Waals surface area contributed by atoms with E-state index < -0.39 is 0 Å². The van der Waals surface area contributed by atoms with Gasteiger partial charge in [0.05, 0.1) is 15.8 Å². The third kappa shape index (κ3) is 2.60. The second kappa shape index (κ2) is 5.36. The van der Waals surface area contributed by atoms with Gasteiger partial charge in [0.1, 0.15) is 10.7 Å². The van der Waals surface area contributed by atoms with Crippen LogP contribution in [0.15, 0.2) is 42.7 Å². The van der Waals surface area contributed by atoms with E-state index in [-0.39, 0.29) is 0 Å². The highest BCUT2D eigenvalue weighted by Crippen LogP contribution is 2.34. The van der Waals surface area contributed by atoms with E-state index in [0.717, 1.165) is 15.0 Å². The maximum Gasteiger partial charge on any atom is 0.154 e. The Morgan fingerprint density at radius 3 is 2.70 bits per heavy atom. The molecule has 0 aliphatic carbocycles. The first-order chi connectivity index (χ1) is 9.63. The number of ether oxygens (including phenoxy) is 1. The molecule has 2 N–H and O–H groups in total. The molecule has 2 aromatic heterocycles. The number of rotatable bonds is 3. The quantitative estimate of drug-likeness (QED) is 0.728. The number of nitrogens with two attached hydrogens (primary N) is 1. The van der Waals surface area contributed by atoms with Crippen LogP contribution in [-0.2, 0) is 0 Å². The van der Waals surface area contributed by atoms with Gasteiger partial charge in [-0.15, -0.1) is 11.3 Å². The number of nitrogens with zero attached hydrogens (tertiary/aromatic N) is 1. The van der Waals surface area contributed by atoms with Crippen LogP contribution in [0.1, 0.15) is 4.88 Å². The SMILES string of the molecule is NC(=S)c1cc2c(Oc3ccc(Cl)cc3)cncc2s1. The van der Waals surface area contributed by atoms with Gasteiger partial charge in [0, 0.05) is 16.6 Å². The monoisotopic (exact) mass is 320 g/mol. The fourth-order valence-electron chi connectivity index (χ4n) is 1.77. The van der Waals surface area contributed by atoms with Gasteiger partial charge in [-0.25, -0.2) is 0 Å². The van der Waals surface area contributed by atoms with Crippen molar-refractivity contribution in [1.82, 2.24) is 4.98 Å². The van der Waals surface area contributed by atoms with E-state index in [2.05, 4.69) is 4.98 Å². The zero-order chi connectivity index (χ0) is 14.1. The summed E-state index contributed by atoms with van der Waals surface area (Å²) in [6.45, 7) is 0. The topological polar surface area (TPSA) is 48.1 Å². The lowest BCUT2D eigenvalue weighted by molar-refractivity contribution is 0.486. The van der Waals surface area contributed by atoms with Crippen molar-refractivity contribution in [3.63, 3.8) is 0 Å². The molecule has 0 aliphatic rings. The van der Waals surface area contributed by atoms with Crippen LogP contribution in [0.4, 0.5) is 0 Å². The summed E-state index contributed by atoms with van der Waals surface area (Å²) in [5.41, 5.74) is 5.66. The zero-order valence-electron chi connectivity index (χ0n) is 10.2. The minimum atomic E-state index is 0.378. The predicted molar refractivity (Wildman–Crippen MR) is 87.0 cm³/mol. The Morgan fingerprint density at radius 1 is 1.25 bits per heavy atom. The molecule has 0 radical (unpaired) electrons. The molecule has 0 aliphatic heterocycles. The summed E-state index contributed by atoms with van der Waals surface area (Å²) < 4.78 is 6.83. The van der Waals surface area contributed by atoms with E-state index in [0.29, 0.717) is 21.5 Å². The van der Waals surface area contributed by atoms with E-state index >= 15 is 0 Å². The van der Waals surface area contributed by atoms with E-state index in [9.17, 15) is 0 Å². The average Bonchev–Trinajstić information content (AvgIpc) is 2.87. The number of fused-ring (bicyclic) bond motifs is 1. The van der Waals surface area contributed by atoms with Crippen molar-refractivity contribution >= 4 is 50.2 Å². The molecular formula is C14H9ClN2OS2. The Morgan fingerprint density at radius 2 is 2.00 bits per heavy atom. The molecule has 0 amide bonds. The number of thiophene rings is 1. The first kappa shape index (κ1) is 13.3. The summed E-state index contributed by atoms with van der Waals surface area (Å²) in [5.74, 6) is 1.37.